The number of carbonyl (C=O) groups excluding carboxylic acids is 1. The van der Waals surface area contributed by atoms with Crippen molar-refractivity contribution in [3.8, 4) is 0 Å². The molecular formula is C19H21ClN2O3S. The van der Waals surface area contributed by atoms with E-state index >= 15 is 0 Å². The van der Waals surface area contributed by atoms with Crippen molar-refractivity contribution in [1.82, 2.24) is 4.31 Å². The second kappa shape index (κ2) is 8.20. The second-order valence-corrected chi connectivity index (χ2v) is 8.63. The van der Waals surface area contributed by atoms with Crippen LogP contribution >= 0.6 is 11.6 Å². The number of sulfonamides is 1. The monoisotopic (exact) mass is 392 g/mol. The summed E-state index contributed by atoms with van der Waals surface area (Å²) in [5.41, 5.74) is 0.765. The van der Waals surface area contributed by atoms with Gasteiger partial charge >= 0.3 is 0 Å². The fourth-order valence-corrected chi connectivity index (χ4v) is 4.73. The van der Waals surface area contributed by atoms with Crippen molar-refractivity contribution in [3.05, 3.63) is 59.1 Å². The summed E-state index contributed by atoms with van der Waals surface area (Å²) in [4.78, 5) is 12.6. The molecular weight excluding hydrogens is 372 g/mol. The van der Waals surface area contributed by atoms with Gasteiger partial charge in [0.25, 0.3) is 5.91 Å². The maximum Gasteiger partial charge on any atom is 0.255 e. The molecule has 1 aliphatic rings. The van der Waals surface area contributed by atoms with Crippen molar-refractivity contribution >= 4 is 33.2 Å². The molecule has 1 N–H and O–H groups in total. The van der Waals surface area contributed by atoms with E-state index in [9.17, 15) is 13.2 Å². The van der Waals surface area contributed by atoms with E-state index in [1.165, 1.54) is 16.4 Å². The predicted octanol–water partition coefficient (Wildman–Crippen LogP) is 4.16. The van der Waals surface area contributed by atoms with Crippen LogP contribution in [-0.2, 0) is 10.0 Å². The van der Waals surface area contributed by atoms with E-state index in [1.807, 2.05) is 0 Å². The van der Waals surface area contributed by atoms with Crippen molar-refractivity contribution in [2.24, 2.45) is 0 Å². The van der Waals surface area contributed by atoms with Gasteiger partial charge in [0.2, 0.25) is 10.0 Å². The van der Waals surface area contributed by atoms with Crippen molar-refractivity contribution < 1.29 is 13.2 Å². The fraction of sp³-hybridized carbons (Fsp3) is 0.316. The molecule has 0 saturated carbocycles. The summed E-state index contributed by atoms with van der Waals surface area (Å²) in [5.74, 6) is -0.397. The van der Waals surface area contributed by atoms with E-state index in [-0.39, 0.29) is 10.5 Å². The smallest absolute Gasteiger partial charge is 0.255 e. The minimum Gasteiger partial charge on any atom is -0.321 e. The summed E-state index contributed by atoms with van der Waals surface area (Å²) in [6.07, 6.45) is 3.83. The third-order valence-electron chi connectivity index (χ3n) is 4.42. The van der Waals surface area contributed by atoms with Gasteiger partial charge in [-0.1, -0.05) is 42.6 Å². The fourth-order valence-electron chi connectivity index (χ4n) is 2.99. The molecule has 138 valence electrons. The Balaban J connectivity index is 1.83. The summed E-state index contributed by atoms with van der Waals surface area (Å²) >= 11 is 6.06. The lowest BCUT2D eigenvalue weighted by molar-refractivity contribution is 0.102. The van der Waals surface area contributed by atoms with Crippen LogP contribution in [0.4, 0.5) is 5.69 Å². The van der Waals surface area contributed by atoms with Crippen LogP contribution in [0.5, 0.6) is 0 Å². The number of nitrogens with zero attached hydrogens (tertiary/aromatic N) is 1. The Bertz CT molecular complexity index is 891. The topological polar surface area (TPSA) is 66.5 Å². The zero-order valence-electron chi connectivity index (χ0n) is 14.3. The van der Waals surface area contributed by atoms with E-state index in [4.69, 9.17) is 11.6 Å². The van der Waals surface area contributed by atoms with Crippen molar-refractivity contribution in [2.45, 2.75) is 30.6 Å². The number of amides is 1. The molecule has 0 radical (unpaired) electrons. The summed E-state index contributed by atoms with van der Waals surface area (Å²) in [5, 5.41) is 3.14. The van der Waals surface area contributed by atoms with Gasteiger partial charge in [0.15, 0.2) is 0 Å². The highest BCUT2D eigenvalue weighted by Crippen LogP contribution is 2.23. The van der Waals surface area contributed by atoms with Crippen LogP contribution in [0.25, 0.3) is 0 Å². The Morgan fingerprint density at radius 3 is 2.35 bits per heavy atom. The van der Waals surface area contributed by atoms with Gasteiger partial charge in [0.05, 0.1) is 15.6 Å². The minimum atomic E-state index is -3.60. The summed E-state index contributed by atoms with van der Waals surface area (Å²) < 4.78 is 27.3. The number of benzene rings is 2. The maximum absolute atomic E-state index is 12.9. The zero-order chi connectivity index (χ0) is 18.6. The Morgan fingerprint density at radius 1 is 0.962 bits per heavy atom. The lowest BCUT2D eigenvalue weighted by Crippen LogP contribution is -2.32. The zero-order valence-corrected chi connectivity index (χ0v) is 15.9. The maximum atomic E-state index is 12.9. The van der Waals surface area contributed by atoms with Crippen LogP contribution in [-0.4, -0.2) is 31.7 Å². The molecule has 1 saturated heterocycles. The lowest BCUT2D eigenvalue weighted by Gasteiger charge is -2.20. The average molecular weight is 393 g/mol. The Morgan fingerprint density at radius 2 is 1.65 bits per heavy atom. The van der Waals surface area contributed by atoms with E-state index in [1.54, 1.807) is 36.4 Å². The first kappa shape index (κ1) is 18.9. The number of halogens is 1. The highest BCUT2D eigenvalue weighted by Gasteiger charge is 2.25. The van der Waals surface area contributed by atoms with Gasteiger partial charge in [-0.2, -0.15) is 4.31 Å². The largest absolute Gasteiger partial charge is 0.321 e. The van der Waals surface area contributed by atoms with Crippen LogP contribution in [0.1, 0.15) is 36.0 Å². The van der Waals surface area contributed by atoms with Crippen LogP contribution < -0.4 is 5.32 Å². The number of nitrogens with one attached hydrogen (secondary N) is 1. The van der Waals surface area contributed by atoms with E-state index in [2.05, 4.69) is 5.32 Å². The minimum absolute atomic E-state index is 0.145. The standard InChI is InChI=1S/C19H21ClN2O3S/c20-17-10-3-4-11-18(17)21-19(23)15-8-7-9-16(14-15)26(24,25)22-12-5-1-2-6-13-22/h3-4,7-11,14H,1-2,5-6,12-13H2,(H,21,23). The van der Waals surface area contributed by atoms with Crippen LogP contribution in [0.3, 0.4) is 0 Å². The molecule has 0 atom stereocenters. The molecule has 2 aromatic carbocycles. The van der Waals surface area contributed by atoms with Gasteiger partial charge in [-0.05, 0) is 43.2 Å². The molecule has 0 aliphatic carbocycles. The number of para-hydroxylation sites is 1. The quantitative estimate of drug-likeness (QED) is 0.849. The third kappa shape index (κ3) is 4.26. The number of carbonyl (C=O) groups is 1. The Kier molecular flexibility index (Phi) is 5.96. The average Bonchev–Trinajstić information content (AvgIpc) is 2.94. The van der Waals surface area contributed by atoms with Crippen molar-refractivity contribution in [1.29, 1.82) is 0 Å². The molecule has 26 heavy (non-hydrogen) atoms. The first-order valence-corrected chi connectivity index (χ1v) is 10.5. The van der Waals surface area contributed by atoms with Gasteiger partial charge < -0.3 is 5.32 Å². The molecule has 1 aliphatic heterocycles. The molecule has 7 heteroatoms. The van der Waals surface area contributed by atoms with Gasteiger partial charge in [-0.15, -0.1) is 0 Å². The third-order valence-corrected chi connectivity index (χ3v) is 6.65. The number of hydrogen-bond acceptors (Lipinski definition) is 3. The van der Waals surface area contributed by atoms with Gasteiger partial charge in [-0.3, -0.25) is 4.79 Å². The molecule has 3 rings (SSSR count). The normalized spacial score (nSPS) is 16.0. The molecule has 2 aromatic rings. The summed E-state index contributed by atoms with van der Waals surface area (Å²) in [6.45, 7) is 1.05. The molecule has 1 amide bonds. The van der Waals surface area contributed by atoms with Crippen LogP contribution in [0.15, 0.2) is 53.4 Å². The SMILES string of the molecule is O=C(Nc1ccccc1Cl)c1cccc(S(=O)(=O)N2CCCCCC2)c1. The van der Waals surface area contributed by atoms with E-state index in [0.717, 1.165) is 25.7 Å². The highest BCUT2D eigenvalue weighted by molar-refractivity contribution is 7.89. The lowest BCUT2D eigenvalue weighted by atomic mass is 10.2. The number of hydrogen-bond donors (Lipinski definition) is 1. The first-order valence-electron chi connectivity index (χ1n) is 8.64. The molecule has 0 spiro atoms. The first-order chi connectivity index (χ1) is 12.5. The molecule has 5 nitrogen and oxygen atoms in total. The molecule has 0 bridgehead atoms. The number of rotatable bonds is 4. The van der Waals surface area contributed by atoms with Crippen LogP contribution in [0, 0.1) is 0 Å². The predicted molar refractivity (Wildman–Crippen MR) is 103 cm³/mol. The van der Waals surface area contributed by atoms with E-state index in [0.29, 0.717) is 23.8 Å². The summed E-state index contributed by atoms with van der Waals surface area (Å²) in [6, 6.07) is 13.0. The second-order valence-electron chi connectivity index (χ2n) is 6.28. The molecule has 1 fully saturated rings. The summed E-state index contributed by atoms with van der Waals surface area (Å²) in [7, 11) is -3.60. The van der Waals surface area contributed by atoms with Gasteiger partial charge in [0.1, 0.15) is 0 Å². The Labute approximate surface area is 159 Å². The number of anilines is 1. The van der Waals surface area contributed by atoms with Crippen LogP contribution in [0.2, 0.25) is 5.02 Å². The molecule has 0 aromatic heterocycles. The highest BCUT2D eigenvalue weighted by atomic mass is 35.5. The molecule has 0 unspecified atom stereocenters. The van der Waals surface area contributed by atoms with E-state index < -0.39 is 15.9 Å². The van der Waals surface area contributed by atoms with Gasteiger partial charge in [-0.25, -0.2) is 8.42 Å². The Hall–Kier alpha value is -1.89. The van der Waals surface area contributed by atoms with Crippen molar-refractivity contribution in [3.63, 3.8) is 0 Å². The van der Waals surface area contributed by atoms with Gasteiger partial charge in [0, 0.05) is 18.7 Å². The van der Waals surface area contributed by atoms with Crippen molar-refractivity contribution in [2.75, 3.05) is 18.4 Å². The molecule has 1 heterocycles.